The largest absolute Gasteiger partial charge is 0.481 e. The number of hydrogen-bond donors (Lipinski definition) is 4. The van der Waals surface area contributed by atoms with Gasteiger partial charge in [0.05, 0.1) is 0 Å². The fourth-order valence-electron chi connectivity index (χ4n) is 3.01. The van der Waals surface area contributed by atoms with Crippen molar-refractivity contribution < 1.29 is 34.2 Å². The first kappa shape index (κ1) is 23.3. The first-order chi connectivity index (χ1) is 15.2. The standard InChI is InChI=1S/C18H19N5O7S2/c1-2-8-6-31-16-12(15(27)23(16)13(8)17(28)29)21-14(26)11(9-7-32-18(19)20-9)22-30-5-3-4-10(24)25/h2,7,12,16H,1,3-6H2,(H2,19,20)(H,21,26)(H,24,25)(H,28,29)/b22-11-/t12?,16-/m1/s1. The van der Waals surface area contributed by atoms with Crippen LogP contribution in [0.5, 0.6) is 0 Å². The van der Waals surface area contributed by atoms with E-state index in [4.69, 9.17) is 15.7 Å². The van der Waals surface area contributed by atoms with Crippen LogP contribution in [0, 0.1) is 0 Å². The lowest BCUT2D eigenvalue weighted by Gasteiger charge is -2.49. The van der Waals surface area contributed by atoms with Crippen LogP contribution in [-0.4, -0.2) is 73.3 Å². The monoisotopic (exact) mass is 481 g/mol. The van der Waals surface area contributed by atoms with Gasteiger partial charge in [0.1, 0.15) is 29.4 Å². The SMILES string of the molecule is C=CC1=C(C(=O)O)N2C(=O)C(NC(=O)/C(=N\OCCCC(=O)O)c3csc(N)n3)[C@H]2SC1. The number of carbonyl (C=O) groups is 4. The minimum absolute atomic E-state index is 0.0472. The van der Waals surface area contributed by atoms with Gasteiger partial charge in [-0.25, -0.2) is 9.78 Å². The summed E-state index contributed by atoms with van der Waals surface area (Å²) >= 11 is 2.37. The Labute approximate surface area is 189 Å². The van der Waals surface area contributed by atoms with Crippen molar-refractivity contribution in [3.05, 3.63) is 35.0 Å². The molecule has 2 amide bonds. The molecular weight excluding hydrogens is 462 g/mol. The zero-order chi connectivity index (χ0) is 23.4. The van der Waals surface area contributed by atoms with E-state index in [0.29, 0.717) is 11.3 Å². The number of β-lactam (4-membered cyclic amide) rings is 1. The molecule has 0 aliphatic carbocycles. The van der Waals surface area contributed by atoms with E-state index in [1.165, 1.54) is 23.2 Å². The second-order valence-electron chi connectivity index (χ2n) is 6.59. The topological polar surface area (TPSA) is 185 Å². The van der Waals surface area contributed by atoms with Crippen LogP contribution >= 0.6 is 23.1 Å². The molecule has 1 saturated heterocycles. The number of anilines is 1. The van der Waals surface area contributed by atoms with Gasteiger partial charge in [0.25, 0.3) is 11.8 Å². The third-order valence-electron chi connectivity index (χ3n) is 4.50. The summed E-state index contributed by atoms with van der Waals surface area (Å²) in [7, 11) is 0. The highest BCUT2D eigenvalue weighted by Crippen LogP contribution is 2.40. The van der Waals surface area contributed by atoms with Crippen LogP contribution in [0.25, 0.3) is 0 Å². The van der Waals surface area contributed by atoms with Crippen molar-refractivity contribution in [2.45, 2.75) is 24.3 Å². The van der Waals surface area contributed by atoms with Gasteiger partial charge in [-0.15, -0.1) is 23.1 Å². The molecule has 0 radical (unpaired) electrons. The van der Waals surface area contributed by atoms with Gasteiger partial charge in [0.15, 0.2) is 10.8 Å². The van der Waals surface area contributed by atoms with E-state index in [1.54, 1.807) is 0 Å². The average Bonchev–Trinajstić information content (AvgIpc) is 3.18. The fourth-order valence-corrected chi connectivity index (χ4v) is 4.90. The maximum absolute atomic E-state index is 12.9. The van der Waals surface area contributed by atoms with Crippen molar-refractivity contribution in [1.82, 2.24) is 15.2 Å². The van der Waals surface area contributed by atoms with Crippen LogP contribution in [0.15, 0.2) is 34.5 Å². The maximum atomic E-state index is 12.9. The summed E-state index contributed by atoms with van der Waals surface area (Å²) in [5.41, 5.74) is 5.79. The number of allylic oxidation sites excluding steroid dienone is 1. The number of nitrogens with zero attached hydrogens (tertiary/aromatic N) is 3. The number of hydrogen-bond acceptors (Lipinski definition) is 10. The zero-order valence-corrected chi connectivity index (χ0v) is 18.1. The molecule has 0 spiro atoms. The van der Waals surface area contributed by atoms with Crippen molar-refractivity contribution >= 4 is 57.7 Å². The van der Waals surface area contributed by atoms with Crippen LogP contribution < -0.4 is 11.1 Å². The van der Waals surface area contributed by atoms with Crippen molar-refractivity contribution in [2.24, 2.45) is 5.16 Å². The molecule has 3 heterocycles. The lowest BCUT2D eigenvalue weighted by Crippen LogP contribution is -2.71. The van der Waals surface area contributed by atoms with E-state index in [9.17, 15) is 24.3 Å². The quantitative estimate of drug-likeness (QED) is 0.156. The van der Waals surface area contributed by atoms with Crippen LogP contribution in [0.3, 0.4) is 0 Å². The first-order valence-corrected chi connectivity index (χ1v) is 11.1. The lowest BCUT2D eigenvalue weighted by atomic mass is 10.0. The number of nitrogens with two attached hydrogens (primary N) is 1. The van der Waals surface area contributed by atoms with E-state index in [-0.39, 0.29) is 41.7 Å². The summed E-state index contributed by atoms with van der Waals surface area (Å²) < 4.78 is 0. The molecule has 5 N–H and O–H groups in total. The van der Waals surface area contributed by atoms with Crippen molar-refractivity contribution in [2.75, 3.05) is 18.1 Å². The number of fused-ring (bicyclic) bond motifs is 1. The number of carbonyl (C=O) groups excluding carboxylic acids is 2. The molecule has 0 bridgehead atoms. The molecule has 12 nitrogen and oxygen atoms in total. The highest BCUT2D eigenvalue weighted by molar-refractivity contribution is 8.00. The van der Waals surface area contributed by atoms with Crippen LogP contribution in [0.2, 0.25) is 0 Å². The highest BCUT2D eigenvalue weighted by atomic mass is 32.2. The van der Waals surface area contributed by atoms with E-state index in [2.05, 4.69) is 22.0 Å². The number of amides is 2. The van der Waals surface area contributed by atoms with Crippen LogP contribution in [0.4, 0.5) is 5.13 Å². The minimum atomic E-state index is -1.25. The number of nitrogens with one attached hydrogen (secondary N) is 1. The molecule has 1 unspecified atom stereocenters. The highest BCUT2D eigenvalue weighted by Gasteiger charge is 2.54. The molecule has 1 aromatic heterocycles. The van der Waals surface area contributed by atoms with Crippen molar-refractivity contribution in [1.29, 1.82) is 0 Å². The predicted octanol–water partition coefficient (Wildman–Crippen LogP) is 0.235. The fraction of sp³-hybridized carbons (Fsp3) is 0.333. The second kappa shape index (κ2) is 9.82. The number of thioether (sulfide) groups is 1. The van der Waals surface area contributed by atoms with E-state index >= 15 is 0 Å². The zero-order valence-electron chi connectivity index (χ0n) is 16.5. The Hall–Kier alpha value is -3.39. The van der Waals surface area contributed by atoms with Crippen molar-refractivity contribution in [3.63, 3.8) is 0 Å². The molecular formula is C18H19N5O7S2. The molecule has 32 heavy (non-hydrogen) atoms. The molecule has 1 fully saturated rings. The predicted molar refractivity (Wildman–Crippen MR) is 116 cm³/mol. The van der Waals surface area contributed by atoms with Gasteiger partial charge in [0, 0.05) is 17.6 Å². The van der Waals surface area contributed by atoms with Gasteiger partial charge in [-0.2, -0.15) is 0 Å². The van der Waals surface area contributed by atoms with E-state index in [1.807, 2.05) is 0 Å². The maximum Gasteiger partial charge on any atom is 0.352 e. The molecule has 2 aliphatic heterocycles. The third kappa shape index (κ3) is 4.75. The molecule has 170 valence electrons. The summed E-state index contributed by atoms with van der Waals surface area (Å²) in [5.74, 6) is -3.26. The average molecular weight is 482 g/mol. The summed E-state index contributed by atoms with van der Waals surface area (Å²) in [6.07, 6.45) is 1.45. The Balaban J connectivity index is 1.73. The third-order valence-corrected chi connectivity index (χ3v) is 6.47. The molecule has 0 aromatic carbocycles. The van der Waals surface area contributed by atoms with Crippen LogP contribution in [-0.2, 0) is 24.0 Å². The molecule has 2 atom stereocenters. The van der Waals surface area contributed by atoms with Gasteiger partial charge in [-0.1, -0.05) is 17.8 Å². The number of rotatable bonds is 10. The second-order valence-corrected chi connectivity index (χ2v) is 8.58. The number of aromatic nitrogens is 1. The first-order valence-electron chi connectivity index (χ1n) is 9.22. The molecule has 0 saturated carbocycles. The van der Waals surface area contributed by atoms with Gasteiger partial charge in [-0.05, 0) is 12.0 Å². The number of carboxylic acid groups (broad SMARTS) is 2. The number of nitrogen functional groups attached to an aromatic ring is 1. The van der Waals surface area contributed by atoms with Crippen molar-refractivity contribution in [3.8, 4) is 0 Å². The Morgan fingerprint density at radius 1 is 1.44 bits per heavy atom. The normalized spacial score (nSPS) is 20.3. The Kier molecular flexibility index (Phi) is 7.15. The van der Waals surface area contributed by atoms with E-state index < -0.39 is 35.2 Å². The number of thiazole rings is 1. The smallest absolute Gasteiger partial charge is 0.352 e. The van der Waals surface area contributed by atoms with Gasteiger partial charge in [-0.3, -0.25) is 19.3 Å². The lowest BCUT2D eigenvalue weighted by molar-refractivity contribution is -0.150. The summed E-state index contributed by atoms with van der Waals surface area (Å²) in [4.78, 5) is 57.9. The Morgan fingerprint density at radius 2 is 2.19 bits per heavy atom. The Morgan fingerprint density at radius 3 is 2.78 bits per heavy atom. The Bertz CT molecular complexity index is 1030. The number of oxime groups is 1. The molecule has 14 heteroatoms. The van der Waals surface area contributed by atoms with E-state index in [0.717, 1.165) is 16.2 Å². The summed E-state index contributed by atoms with van der Waals surface area (Å²) in [6.45, 7) is 3.54. The van der Waals surface area contributed by atoms with Gasteiger partial charge >= 0.3 is 11.9 Å². The molecule has 1 aromatic rings. The van der Waals surface area contributed by atoms with Crippen LogP contribution in [0.1, 0.15) is 18.5 Å². The van der Waals surface area contributed by atoms with Gasteiger partial charge in [0.2, 0.25) is 0 Å². The van der Waals surface area contributed by atoms with Gasteiger partial charge < -0.3 is 26.1 Å². The minimum Gasteiger partial charge on any atom is -0.481 e. The summed E-state index contributed by atoms with van der Waals surface area (Å²) in [5, 5.41) is 25.5. The number of aliphatic carboxylic acids is 2. The molecule has 2 aliphatic rings. The number of carboxylic acids is 2. The molecule has 3 rings (SSSR count). The summed E-state index contributed by atoms with van der Waals surface area (Å²) in [6, 6.07) is -0.971.